The molecule has 0 unspecified atom stereocenters. The van der Waals surface area contributed by atoms with E-state index in [1.807, 2.05) is 29.3 Å². The van der Waals surface area contributed by atoms with Gasteiger partial charge in [-0.15, -0.1) is 0 Å². The molecule has 0 aliphatic carbocycles. The van der Waals surface area contributed by atoms with Gasteiger partial charge in [0.2, 0.25) is 5.91 Å². The van der Waals surface area contributed by atoms with Crippen LogP contribution in [-0.4, -0.2) is 57.1 Å². The number of carbonyl (C=O) groups excluding carboxylic acids is 1. The Kier molecular flexibility index (Phi) is 5.85. The third-order valence-electron chi connectivity index (χ3n) is 5.55. The number of rotatable bonds is 8. The topological polar surface area (TPSA) is 73.1 Å². The zero-order valence-electron chi connectivity index (χ0n) is 17.0. The number of likely N-dealkylation sites (tertiary alicyclic amines) is 1. The van der Waals surface area contributed by atoms with Gasteiger partial charge in [-0.05, 0) is 37.1 Å². The van der Waals surface area contributed by atoms with Crippen LogP contribution in [0.2, 0.25) is 0 Å². The molecular weight excluding hydrogens is 366 g/mol. The summed E-state index contributed by atoms with van der Waals surface area (Å²) in [5.74, 6) is 1.60. The molecule has 0 radical (unpaired) electrons. The van der Waals surface area contributed by atoms with E-state index in [1.165, 1.54) is 5.56 Å². The molecule has 0 aromatic carbocycles. The van der Waals surface area contributed by atoms with Crippen molar-refractivity contribution >= 4 is 17.1 Å². The van der Waals surface area contributed by atoms with Gasteiger partial charge in [0.15, 0.2) is 5.65 Å². The molecule has 1 aliphatic rings. The molecule has 1 saturated heterocycles. The average molecular weight is 393 g/mol. The predicted molar refractivity (Wildman–Crippen MR) is 111 cm³/mol. The van der Waals surface area contributed by atoms with Crippen molar-refractivity contribution in [3.8, 4) is 0 Å². The second kappa shape index (κ2) is 8.69. The fourth-order valence-corrected chi connectivity index (χ4v) is 4.00. The molecule has 7 heteroatoms. The maximum atomic E-state index is 12.5. The van der Waals surface area contributed by atoms with Crippen molar-refractivity contribution < 1.29 is 9.53 Å². The average Bonchev–Trinajstić information content (AvgIpc) is 3.06. The normalized spacial score (nSPS) is 15.4. The summed E-state index contributed by atoms with van der Waals surface area (Å²) in [4.78, 5) is 27.9. The Morgan fingerprint density at radius 1 is 1.28 bits per heavy atom. The Morgan fingerprint density at radius 3 is 2.86 bits per heavy atom. The highest BCUT2D eigenvalue weighted by Gasteiger charge is 2.31. The van der Waals surface area contributed by atoms with Crippen LogP contribution in [0, 0.1) is 0 Å². The van der Waals surface area contributed by atoms with Crippen molar-refractivity contribution in [3.05, 3.63) is 54.2 Å². The molecule has 0 saturated carbocycles. The van der Waals surface area contributed by atoms with E-state index < -0.39 is 0 Å². The number of hydrogen-bond donors (Lipinski definition) is 0. The van der Waals surface area contributed by atoms with Crippen LogP contribution in [-0.2, 0) is 16.0 Å². The highest BCUT2D eigenvalue weighted by Crippen LogP contribution is 2.27. The Labute approximate surface area is 170 Å². The van der Waals surface area contributed by atoms with Gasteiger partial charge in [0.25, 0.3) is 0 Å². The van der Waals surface area contributed by atoms with Crippen molar-refractivity contribution in [1.29, 1.82) is 0 Å². The van der Waals surface area contributed by atoms with E-state index in [9.17, 15) is 4.79 Å². The Hall–Kier alpha value is -2.80. The Bertz CT molecular complexity index is 966. The summed E-state index contributed by atoms with van der Waals surface area (Å²) in [7, 11) is 1.70. The molecule has 7 nitrogen and oxygen atoms in total. The molecular formula is C22H27N5O2. The van der Waals surface area contributed by atoms with E-state index in [1.54, 1.807) is 19.5 Å². The van der Waals surface area contributed by atoms with Gasteiger partial charge < -0.3 is 14.2 Å². The van der Waals surface area contributed by atoms with Crippen molar-refractivity contribution in [2.24, 2.45) is 0 Å². The highest BCUT2D eigenvalue weighted by atomic mass is 16.5. The van der Waals surface area contributed by atoms with Crippen molar-refractivity contribution in [2.45, 2.75) is 38.1 Å². The number of aromatic nitrogens is 4. The number of fused-ring (bicyclic) bond motifs is 1. The Morgan fingerprint density at radius 2 is 2.10 bits per heavy atom. The molecule has 152 valence electrons. The molecule has 1 fully saturated rings. The van der Waals surface area contributed by atoms with E-state index in [-0.39, 0.29) is 11.9 Å². The molecule has 1 atom stereocenters. The fourth-order valence-electron chi connectivity index (χ4n) is 4.00. The fraction of sp³-hybridized carbons (Fsp3) is 0.455. The van der Waals surface area contributed by atoms with Crippen LogP contribution < -0.4 is 0 Å². The third-order valence-corrected chi connectivity index (χ3v) is 5.55. The van der Waals surface area contributed by atoms with Crippen molar-refractivity contribution in [1.82, 2.24) is 24.4 Å². The van der Waals surface area contributed by atoms with Crippen LogP contribution in [0.3, 0.4) is 0 Å². The molecule has 3 aromatic heterocycles. The van der Waals surface area contributed by atoms with Crippen molar-refractivity contribution in [2.75, 3.05) is 26.8 Å². The summed E-state index contributed by atoms with van der Waals surface area (Å²) in [5.41, 5.74) is 2.98. The lowest BCUT2D eigenvalue weighted by Crippen LogP contribution is -2.48. The number of amides is 1. The molecule has 0 spiro atoms. The number of aryl methyl sites for hydroxylation is 1. The molecule has 4 heterocycles. The zero-order valence-corrected chi connectivity index (χ0v) is 17.0. The number of imidazole rings is 1. The smallest absolute Gasteiger partial charge is 0.222 e. The summed E-state index contributed by atoms with van der Waals surface area (Å²) in [6, 6.07) is 8.05. The number of ether oxygens (including phenoxy) is 1. The summed E-state index contributed by atoms with van der Waals surface area (Å²) >= 11 is 0. The highest BCUT2D eigenvalue weighted by molar-refractivity contribution is 5.77. The predicted octanol–water partition coefficient (Wildman–Crippen LogP) is 2.98. The summed E-state index contributed by atoms with van der Waals surface area (Å²) in [6.45, 7) is 4.28. The first-order valence-corrected chi connectivity index (χ1v) is 10.2. The largest absolute Gasteiger partial charge is 0.383 e. The van der Waals surface area contributed by atoms with Crippen LogP contribution in [0.1, 0.15) is 43.1 Å². The molecule has 1 amide bonds. The van der Waals surface area contributed by atoms with Crippen LogP contribution >= 0.6 is 0 Å². The molecule has 4 rings (SSSR count). The quantitative estimate of drug-likeness (QED) is 0.588. The first kappa shape index (κ1) is 19.5. The van der Waals surface area contributed by atoms with Gasteiger partial charge in [0, 0.05) is 57.5 Å². The van der Waals surface area contributed by atoms with Gasteiger partial charge in [-0.1, -0.05) is 6.07 Å². The second-order valence-electron chi connectivity index (χ2n) is 7.68. The number of carbonyl (C=O) groups is 1. The molecule has 3 aromatic rings. The van der Waals surface area contributed by atoms with Gasteiger partial charge >= 0.3 is 0 Å². The van der Waals surface area contributed by atoms with E-state index in [0.29, 0.717) is 18.9 Å². The van der Waals surface area contributed by atoms with Crippen LogP contribution in [0.15, 0.2) is 42.9 Å². The molecule has 1 aliphatic heterocycles. The molecule has 0 N–H and O–H groups in total. The second-order valence-corrected chi connectivity index (χ2v) is 7.68. The lowest BCUT2D eigenvalue weighted by molar-refractivity contribution is -0.135. The van der Waals surface area contributed by atoms with Gasteiger partial charge in [0.05, 0.1) is 12.6 Å². The first-order chi connectivity index (χ1) is 14.2. The lowest BCUT2D eigenvalue weighted by Gasteiger charge is -2.39. The number of pyridine rings is 2. The van der Waals surface area contributed by atoms with E-state index in [2.05, 4.69) is 27.5 Å². The monoisotopic (exact) mass is 393 g/mol. The zero-order chi connectivity index (χ0) is 20.2. The first-order valence-electron chi connectivity index (χ1n) is 10.2. The number of methoxy groups -OCH3 is 1. The minimum Gasteiger partial charge on any atom is -0.383 e. The van der Waals surface area contributed by atoms with Crippen LogP contribution in [0.4, 0.5) is 0 Å². The molecule has 29 heavy (non-hydrogen) atoms. The van der Waals surface area contributed by atoms with Gasteiger partial charge in [-0.2, -0.15) is 0 Å². The number of hydrogen-bond acceptors (Lipinski definition) is 5. The van der Waals surface area contributed by atoms with E-state index in [0.717, 1.165) is 42.9 Å². The van der Waals surface area contributed by atoms with Gasteiger partial charge in [0.1, 0.15) is 11.3 Å². The third kappa shape index (κ3) is 4.15. The van der Waals surface area contributed by atoms with Crippen LogP contribution in [0.5, 0.6) is 0 Å². The van der Waals surface area contributed by atoms with Crippen LogP contribution in [0.25, 0.3) is 11.2 Å². The summed E-state index contributed by atoms with van der Waals surface area (Å²) < 4.78 is 7.48. The minimum atomic E-state index is 0.140. The standard InChI is InChI=1S/C22H27N5O2/c1-16(15-29-2)27-20(25-19-7-5-11-24-22(19)27)8-3-9-21(28)26-13-18(14-26)17-6-4-10-23-12-17/h4-7,10-12,16,18H,3,8-9,13-15H2,1-2H3/t16-/m1/s1. The minimum absolute atomic E-state index is 0.140. The summed E-state index contributed by atoms with van der Waals surface area (Å²) in [6.07, 6.45) is 7.52. The lowest BCUT2D eigenvalue weighted by atomic mass is 9.92. The van der Waals surface area contributed by atoms with Gasteiger partial charge in [-0.3, -0.25) is 9.78 Å². The SMILES string of the molecule is COC[C@@H](C)n1c(CCCC(=O)N2CC(c3cccnc3)C2)nc2cccnc21. The van der Waals surface area contributed by atoms with Crippen molar-refractivity contribution in [3.63, 3.8) is 0 Å². The maximum Gasteiger partial charge on any atom is 0.222 e. The molecule has 0 bridgehead atoms. The Balaban J connectivity index is 1.34. The van der Waals surface area contributed by atoms with Gasteiger partial charge in [-0.25, -0.2) is 9.97 Å². The van der Waals surface area contributed by atoms with E-state index >= 15 is 0 Å². The summed E-state index contributed by atoms with van der Waals surface area (Å²) in [5, 5.41) is 0. The van der Waals surface area contributed by atoms with E-state index in [4.69, 9.17) is 9.72 Å². The number of nitrogens with zero attached hydrogens (tertiary/aromatic N) is 5. The maximum absolute atomic E-state index is 12.5.